The highest BCUT2D eigenvalue weighted by Crippen LogP contribution is 2.31. The number of rotatable bonds is 3. The van der Waals surface area contributed by atoms with Crippen LogP contribution in [0.5, 0.6) is 5.75 Å². The molecule has 110 valence electrons. The van der Waals surface area contributed by atoms with Crippen molar-refractivity contribution in [2.45, 2.75) is 19.0 Å². The van der Waals surface area contributed by atoms with Crippen LogP contribution < -0.4 is 15.8 Å². The average molecular weight is 286 g/mol. The number of nitrogens with zero attached hydrogens (tertiary/aromatic N) is 4. The van der Waals surface area contributed by atoms with Crippen LogP contribution in [0.3, 0.4) is 0 Å². The highest BCUT2D eigenvalue weighted by molar-refractivity contribution is 5.78. The zero-order valence-corrected chi connectivity index (χ0v) is 11.9. The maximum absolute atomic E-state index is 5.97. The van der Waals surface area contributed by atoms with Gasteiger partial charge in [0, 0.05) is 19.0 Å². The van der Waals surface area contributed by atoms with Gasteiger partial charge in [0.05, 0.1) is 12.6 Å². The van der Waals surface area contributed by atoms with E-state index in [0.29, 0.717) is 19.1 Å². The molecule has 1 aromatic heterocycles. The van der Waals surface area contributed by atoms with E-state index in [-0.39, 0.29) is 6.04 Å². The fourth-order valence-electron chi connectivity index (χ4n) is 2.32. The van der Waals surface area contributed by atoms with Gasteiger partial charge < -0.3 is 20.4 Å². The monoisotopic (exact) mass is 286 g/mol. The molecule has 21 heavy (non-hydrogen) atoms. The van der Waals surface area contributed by atoms with E-state index >= 15 is 0 Å². The number of ether oxygens (including phenoxy) is 1. The zero-order chi connectivity index (χ0) is 14.7. The number of guanidine groups is 1. The van der Waals surface area contributed by atoms with Gasteiger partial charge >= 0.3 is 0 Å². The van der Waals surface area contributed by atoms with Gasteiger partial charge in [-0.1, -0.05) is 18.2 Å². The first-order chi connectivity index (χ1) is 10.2. The minimum atomic E-state index is 0.123. The molecular formula is C14H18N6O. The molecule has 0 spiro atoms. The molecule has 0 saturated heterocycles. The van der Waals surface area contributed by atoms with E-state index in [1.807, 2.05) is 35.9 Å². The van der Waals surface area contributed by atoms with Gasteiger partial charge in [-0.15, -0.1) is 10.2 Å². The Morgan fingerprint density at radius 3 is 3.19 bits per heavy atom. The number of aliphatic imine (C=N–C) groups is 1. The predicted molar refractivity (Wildman–Crippen MR) is 78.8 cm³/mol. The molecule has 0 amide bonds. The highest BCUT2D eigenvalue weighted by atomic mass is 16.5. The molecule has 2 aromatic rings. The fourth-order valence-corrected chi connectivity index (χ4v) is 2.32. The number of nitrogens with one attached hydrogen (secondary N) is 1. The van der Waals surface area contributed by atoms with E-state index in [9.17, 15) is 0 Å². The summed E-state index contributed by atoms with van der Waals surface area (Å²) >= 11 is 0. The van der Waals surface area contributed by atoms with Crippen LogP contribution in [0.25, 0.3) is 0 Å². The van der Waals surface area contributed by atoms with Crippen LogP contribution in [0.1, 0.15) is 23.9 Å². The topological polar surface area (TPSA) is 90.4 Å². The molecule has 0 radical (unpaired) electrons. The molecule has 3 rings (SSSR count). The van der Waals surface area contributed by atoms with Crippen LogP contribution in [-0.4, -0.2) is 27.3 Å². The largest absolute Gasteiger partial charge is 0.493 e. The van der Waals surface area contributed by atoms with Crippen molar-refractivity contribution in [2.24, 2.45) is 17.8 Å². The predicted octanol–water partition coefficient (Wildman–Crippen LogP) is 0.743. The maximum Gasteiger partial charge on any atom is 0.189 e. The molecular weight excluding hydrogens is 268 g/mol. The molecule has 1 aromatic carbocycles. The third-order valence-corrected chi connectivity index (χ3v) is 3.48. The molecule has 1 aliphatic rings. The average Bonchev–Trinajstić information content (AvgIpc) is 2.91. The Morgan fingerprint density at radius 2 is 2.38 bits per heavy atom. The smallest absolute Gasteiger partial charge is 0.189 e. The minimum absolute atomic E-state index is 0.123. The summed E-state index contributed by atoms with van der Waals surface area (Å²) < 4.78 is 7.45. The van der Waals surface area contributed by atoms with Gasteiger partial charge in [-0.3, -0.25) is 0 Å². The zero-order valence-electron chi connectivity index (χ0n) is 11.9. The third kappa shape index (κ3) is 2.96. The van der Waals surface area contributed by atoms with Gasteiger partial charge in [0.2, 0.25) is 0 Å². The molecule has 0 aliphatic carbocycles. The quantitative estimate of drug-likeness (QED) is 0.641. The normalized spacial score (nSPS) is 18.0. The van der Waals surface area contributed by atoms with Crippen LogP contribution in [-0.2, 0) is 13.6 Å². The summed E-state index contributed by atoms with van der Waals surface area (Å²) in [6.45, 7) is 1.07. The van der Waals surface area contributed by atoms with Crippen molar-refractivity contribution in [3.63, 3.8) is 0 Å². The number of hydrogen-bond donors (Lipinski definition) is 2. The molecule has 1 aliphatic heterocycles. The van der Waals surface area contributed by atoms with E-state index in [2.05, 4.69) is 20.5 Å². The summed E-state index contributed by atoms with van der Waals surface area (Å²) in [4.78, 5) is 4.31. The number of hydrogen-bond acceptors (Lipinski definition) is 4. The van der Waals surface area contributed by atoms with Crippen LogP contribution >= 0.6 is 0 Å². The summed E-state index contributed by atoms with van der Waals surface area (Å²) in [5, 5.41) is 11.0. The Morgan fingerprint density at radius 1 is 1.52 bits per heavy atom. The van der Waals surface area contributed by atoms with Crippen molar-refractivity contribution in [1.82, 2.24) is 20.1 Å². The number of aryl methyl sites for hydroxylation is 1. The second-order valence-corrected chi connectivity index (χ2v) is 4.93. The van der Waals surface area contributed by atoms with Crippen molar-refractivity contribution < 1.29 is 4.74 Å². The lowest BCUT2D eigenvalue weighted by Crippen LogP contribution is -2.37. The van der Waals surface area contributed by atoms with Crippen molar-refractivity contribution >= 4 is 5.96 Å². The second kappa shape index (κ2) is 5.82. The molecule has 2 heterocycles. The van der Waals surface area contributed by atoms with E-state index in [0.717, 1.165) is 23.6 Å². The highest BCUT2D eigenvalue weighted by Gasteiger charge is 2.21. The molecule has 0 saturated carbocycles. The third-order valence-electron chi connectivity index (χ3n) is 3.48. The Bertz CT molecular complexity index is 650. The number of benzene rings is 1. The SMILES string of the molecule is Cn1cnnc1CN=C(N)NC1CCOc2ccccc21. The molecule has 1 unspecified atom stereocenters. The standard InChI is InChI=1S/C14H18N6O/c1-20-9-17-19-13(20)8-16-14(15)18-11-6-7-21-12-5-3-2-4-10(11)12/h2-5,9,11H,6-8H2,1H3,(H3,15,16,18). The van der Waals surface area contributed by atoms with Gasteiger partial charge in [-0.2, -0.15) is 0 Å². The first-order valence-electron chi connectivity index (χ1n) is 6.85. The van der Waals surface area contributed by atoms with E-state index in [1.54, 1.807) is 6.33 Å². The van der Waals surface area contributed by atoms with E-state index < -0.39 is 0 Å². The second-order valence-electron chi connectivity index (χ2n) is 4.93. The lowest BCUT2D eigenvalue weighted by molar-refractivity contribution is 0.262. The van der Waals surface area contributed by atoms with E-state index in [4.69, 9.17) is 10.5 Å². The van der Waals surface area contributed by atoms with Crippen molar-refractivity contribution in [2.75, 3.05) is 6.61 Å². The maximum atomic E-state index is 5.97. The lowest BCUT2D eigenvalue weighted by Gasteiger charge is -2.26. The minimum Gasteiger partial charge on any atom is -0.493 e. The first kappa shape index (κ1) is 13.4. The number of fused-ring (bicyclic) bond motifs is 1. The Kier molecular flexibility index (Phi) is 3.72. The van der Waals surface area contributed by atoms with Crippen molar-refractivity contribution in [1.29, 1.82) is 0 Å². The van der Waals surface area contributed by atoms with Crippen molar-refractivity contribution in [3.8, 4) is 5.75 Å². The van der Waals surface area contributed by atoms with Gasteiger partial charge in [0.1, 0.15) is 18.6 Å². The number of para-hydroxylation sites is 1. The molecule has 7 heteroatoms. The Balaban J connectivity index is 1.68. The first-order valence-corrected chi connectivity index (χ1v) is 6.85. The lowest BCUT2D eigenvalue weighted by atomic mass is 10.0. The van der Waals surface area contributed by atoms with Gasteiger partial charge in [-0.25, -0.2) is 4.99 Å². The summed E-state index contributed by atoms with van der Waals surface area (Å²) in [6, 6.07) is 8.10. The molecule has 3 N–H and O–H groups in total. The van der Waals surface area contributed by atoms with Crippen molar-refractivity contribution in [3.05, 3.63) is 42.0 Å². The van der Waals surface area contributed by atoms with E-state index in [1.165, 1.54) is 0 Å². The summed E-state index contributed by atoms with van der Waals surface area (Å²) in [6.07, 6.45) is 2.50. The summed E-state index contributed by atoms with van der Waals surface area (Å²) in [7, 11) is 1.88. The molecule has 0 bridgehead atoms. The van der Waals surface area contributed by atoms with Crippen LogP contribution in [0, 0.1) is 0 Å². The molecule has 7 nitrogen and oxygen atoms in total. The summed E-state index contributed by atoms with van der Waals surface area (Å²) in [5.41, 5.74) is 7.08. The van der Waals surface area contributed by atoms with Crippen LogP contribution in [0.2, 0.25) is 0 Å². The summed E-state index contributed by atoms with van der Waals surface area (Å²) in [5.74, 6) is 2.08. The van der Waals surface area contributed by atoms with Gasteiger partial charge in [-0.05, 0) is 6.07 Å². The number of nitrogens with two attached hydrogens (primary N) is 1. The van der Waals surface area contributed by atoms with Crippen LogP contribution in [0.15, 0.2) is 35.6 Å². The molecule has 1 atom stereocenters. The van der Waals surface area contributed by atoms with Crippen LogP contribution in [0.4, 0.5) is 0 Å². The fraction of sp³-hybridized carbons (Fsp3) is 0.357. The Hall–Kier alpha value is -2.57. The van der Waals surface area contributed by atoms with Gasteiger partial charge in [0.15, 0.2) is 11.8 Å². The number of aromatic nitrogens is 3. The Labute approximate surface area is 122 Å². The van der Waals surface area contributed by atoms with Gasteiger partial charge in [0.25, 0.3) is 0 Å². The molecule has 0 fully saturated rings.